The number of aromatic amines is 1. The van der Waals surface area contributed by atoms with Crippen LogP contribution in [0.4, 0.5) is 8.78 Å². The lowest BCUT2D eigenvalue weighted by atomic mass is 9.92. The third-order valence-electron chi connectivity index (χ3n) is 7.94. The van der Waals surface area contributed by atoms with E-state index in [1.54, 1.807) is 12.1 Å². The van der Waals surface area contributed by atoms with Crippen molar-refractivity contribution in [2.24, 2.45) is 4.99 Å². The zero-order chi connectivity index (χ0) is 26.5. The van der Waals surface area contributed by atoms with Gasteiger partial charge in [0.05, 0.1) is 30.3 Å². The molecule has 0 spiro atoms. The SMILES string of the molecule is N#C/N=c1\[nH]c2cc(/C=C3/c4ccc(F)cc4OCc4c(F)cccc43)ccc2n1[C@@H]1C[C@H]2COCCN2C1. The molecular formula is C30H25F2N5O2. The Morgan fingerprint density at radius 1 is 1.08 bits per heavy atom. The maximum atomic E-state index is 14.8. The topological polar surface area (TPSA) is 78.6 Å². The number of fused-ring (bicyclic) bond motifs is 4. The van der Waals surface area contributed by atoms with Crippen molar-refractivity contribution in [1.82, 2.24) is 14.5 Å². The number of ether oxygens (including phenoxy) is 2. The molecule has 3 aromatic carbocycles. The second kappa shape index (κ2) is 9.49. The third-order valence-corrected chi connectivity index (χ3v) is 7.94. The Labute approximate surface area is 223 Å². The standard InChI is InChI=1S/C30H25F2N5O2/c31-19-5-6-23-24(22-2-1-3-26(32)25(22)16-39-29(23)12-19)10-18-4-7-28-27(11-18)35-30(34-17-33)37(28)20-13-21-15-38-9-8-36(21)14-20/h1-7,10-12,20-21H,8-9,13-16H2,(H,34,35)/b24-10+/t20-,21+/m1/s1. The molecule has 196 valence electrons. The molecule has 0 aliphatic carbocycles. The lowest BCUT2D eigenvalue weighted by Crippen LogP contribution is -2.40. The Bertz CT molecular complexity index is 1730. The van der Waals surface area contributed by atoms with E-state index in [0.29, 0.717) is 34.1 Å². The number of aromatic nitrogens is 2. The molecule has 3 aliphatic rings. The minimum atomic E-state index is -0.416. The van der Waals surface area contributed by atoms with Gasteiger partial charge < -0.3 is 19.0 Å². The number of rotatable bonds is 2. The van der Waals surface area contributed by atoms with Crippen molar-refractivity contribution < 1.29 is 18.3 Å². The van der Waals surface area contributed by atoms with Crippen LogP contribution in [0.25, 0.3) is 22.7 Å². The molecular weight excluding hydrogens is 500 g/mol. The third kappa shape index (κ3) is 4.13. The van der Waals surface area contributed by atoms with E-state index in [1.165, 1.54) is 18.2 Å². The predicted octanol–water partition coefficient (Wildman–Crippen LogP) is 4.76. The van der Waals surface area contributed by atoms with Gasteiger partial charge in [-0.05, 0) is 59.5 Å². The molecule has 2 fully saturated rings. The molecule has 0 amide bonds. The monoisotopic (exact) mass is 525 g/mol. The summed E-state index contributed by atoms with van der Waals surface area (Å²) in [6, 6.07) is 15.9. The van der Waals surface area contributed by atoms with Crippen molar-refractivity contribution >= 4 is 22.7 Å². The first-order chi connectivity index (χ1) is 19.1. The summed E-state index contributed by atoms with van der Waals surface area (Å²) in [5.41, 5.74) is 5.72. The maximum Gasteiger partial charge on any atom is 0.219 e. The highest BCUT2D eigenvalue weighted by molar-refractivity contribution is 5.95. The van der Waals surface area contributed by atoms with E-state index in [-0.39, 0.29) is 18.5 Å². The second-order valence-corrected chi connectivity index (χ2v) is 10.2. The van der Waals surface area contributed by atoms with Gasteiger partial charge in [0.2, 0.25) is 11.8 Å². The minimum Gasteiger partial charge on any atom is -0.488 e. The molecule has 39 heavy (non-hydrogen) atoms. The largest absolute Gasteiger partial charge is 0.488 e. The van der Waals surface area contributed by atoms with Crippen LogP contribution in [-0.2, 0) is 11.3 Å². The molecule has 0 saturated carbocycles. The Balaban J connectivity index is 1.36. The van der Waals surface area contributed by atoms with Crippen molar-refractivity contribution in [3.63, 3.8) is 0 Å². The molecule has 1 N–H and O–H groups in total. The summed E-state index contributed by atoms with van der Waals surface area (Å²) in [4.78, 5) is 9.87. The molecule has 2 saturated heterocycles. The lowest BCUT2D eigenvalue weighted by molar-refractivity contribution is 0.0128. The number of H-pyrrole nitrogens is 1. The summed E-state index contributed by atoms with van der Waals surface area (Å²) >= 11 is 0. The van der Waals surface area contributed by atoms with E-state index < -0.39 is 5.82 Å². The van der Waals surface area contributed by atoms with Gasteiger partial charge in [0.15, 0.2) is 0 Å². The average molecular weight is 526 g/mol. The van der Waals surface area contributed by atoms with E-state index in [1.807, 2.05) is 36.5 Å². The molecule has 1 aromatic heterocycles. The Kier molecular flexibility index (Phi) is 5.80. The molecule has 7 rings (SSSR count). The summed E-state index contributed by atoms with van der Waals surface area (Å²) in [6.45, 7) is 3.25. The normalized spacial score (nSPS) is 22.2. The van der Waals surface area contributed by atoms with Crippen LogP contribution in [0.15, 0.2) is 59.6 Å². The highest BCUT2D eigenvalue weighted by Crippen LogP contribution is 2.39. The highest BCUT2D eigenvalue weighted by Gasteiger charge is 2.36. The Morgan fingerprint density at radius 2 is 2.00 bits per heavy atom. The zero-order valence-electron chi connectivity index (χ0n) is 21.0. The van der Waals surface area contributed by atoms with E-state index in [0.717, 1.165) is 54.9 Å². The summed E-state index contributed by atoms with van der Waals surface area (Å²) in [6.07, 6.45) is 4.82. The van der Waals surface area contributed by atoms with Crippen LogP contribution in [0.3, 0.4) is 0 Å². The molecule has 3 aliphatic heterocycles. The van der Waals surface area contributed by atoms with E-state index in [2.05, 4.69) is 19.4 Å². The number of nitrogens with one attached hydrogen (secondary N) is 1. The summed E-state index contributed by atoms with van der Waals surface area (Å²) < 4.78 is 42.5. The Morgan fingerprint density at radius 3 is 2.87 bits per heavy atom. The van der Waals surface area contributed by atoms with Gasteiger partial charge in [-0.2, -0.15) is 5.26 Å². The molecule has 2 atom stereocenters. The maximum absolute atomic E-state index is 14.8. The average Bonchev–Trinajstić information content (AvgIpc) is 3.47. The van der Waals surface area contributed by atoms with Gasteiger partial charge in [-0.15, -0.1) is 4.99 Å². The van der Waals surface area contributed by atoms with Crippen LogP contribution >= 0.6 is 0 Å². The number of morpholine rings is 1. The lowest BCUT2D eigenvalue weighted by Gasteiger charge is -2.28. The van der Waals surface area contributed by atoms with Gasteiger partial charge in [-0.1, -0.05) is 18.2 Å². The number of hydrogen-bond donors (Lipinski definition) is 1. The zero-order valence-corrected chi connectivity index (χ0v) is 21.0. The first kappa shape index (κ1) is 23.8. The number of imidazole rings is 1. The van der Waals surface area contributed by atoms with Crippen molar-refractivity contribution in [3.05, 3.63) is 94.1 Å². The van der Waals surface area contributed by atoms with Crippen molar-refractivity contribution in [2.45, 2.75) is 25.1 Å². The molecule has 0 radical (unpaired) electrons. The number of hydrogen-bond acceptors (Lipinski definition) is 5. The molecule has 0 bridgehead atoms. The van der Waals surface area contributed by atoms with Gasteiger partial charge >= 0.3 is 0 Å². The number of halogens is 2. The quantitative estimate of drug-likeness (QED) is 0.383. The van der Waals surface area contributed by atoms with Crippen molar-refractivity contribution in [2.75, 3.05) is 26.3 Å². The minimum absolute atomic E-state index is 0.00886. The highest BCUT2D eigenvalue weighted by atomic mass is 19.1. The fourth-order valence-electron chi connectivity index (χ4n) is 6.15. The predicted molar refractivity (Wildman–Crippen MR) is 141 cm³/mol. The Hall–Kier alpha value is -4.26. The van der Waals surface area contributed by atoms with Crippen LogP contribution in [0.2, 0.25) is 0 Å². The van der Waals surface area contributed by atoms with Gasteiger partial charge in [0, 0.05) is 36.3 Å². The first-order valence-electron chi connectivity index (χ1n) is 13.0. The number of nitriles is 1. The van der Waals surface area contributed by atoms with Crippen LogP contribution < -0.4 is 10.4 Å². The fraction of sp³-hybridized carbons (Fsp3) is 0.267. The number of nitrogens with zero attached hydrogens (tertiary/aromatic N) is 4. The van der Waals surface area contributed by atoms with Crippen LogP contribution in [0.5, 0.6) is 5.75 Å². The fourth-order valence-corrected chi connectivity index (χ4v) is 6.15. The molecule has 9 heteroatoms. The van der Waals surface area contributed by atoms with Crippen LogP contribution in [0, 0.1) is 23.1 Å². The molecule has 0 unspecified atom stereocenters. The molecule has 4 aromatic rings. The van der Waals surface area contributed by atoms with E-state index in [4.69, 9.17) is 9.47 Å². The van der Waals surface area contributed by atoms with Gasteiger partial charge in [0.1, 0.15) is 24.0 Å². The number of benzene rings is 3. The second-order valence-electron chi connectivity index (χ2n) is 10.2. The van der Waals surface area contributed by atoms with Crippen LogP contribution in [0.1, 0.15) is 34.7 Å². The molecule has 7 nitrogen and oxygen atoms in total. The smallest absolute Gasteiger partial charge is 0.219 e. The first-order valence-corrected chi connectivity index (χ1v) is 13.0. The van der Waals surface area contributed by atoms with Crippen LogP contribution in [-0.4, -0.2) is 46.8 Å². The van der Waals surface area contributed by atoms with E-state index in [9.17, 15) is 14.0 Å². The van der Waals surface area contributed by atoms with Gasteiger partial charge in [0.25, 0.3) is 0 Å². The summed E-state index contributed by atoms with van der Waals surface area (Å²) in [5, 5.41) is 9.38. The summed E-state index contributed by atoms with van der Waals surface area (Å²) in [7, 11) is 0. The van der Waals surface area contributed by atoms with Gasteiger partial charge in [-0.25, -0.2) is 8.78 Å². The van der Waals surface area contributed by atoms with E-state index >= 15 is 0 Å². The van der Waals surface area contributed by atoms with Crippen molar-refractivity contribution in [1.29, 1.82) is 5.26 Å². The molecule has 4 heterocycles. The summed E-state index contributed by atoms with van der Waals surface area (Å²) in [5.74, 6) is -0.415. The van der Waals surface area contributed by atoms with Crippen molar-refractivity contribution in [3.8, 4) is 11.9 Å². The van der Waals surface area contributed by atoms with Gasteiger partial charge in [-0.3, -0.25) is 4.90 Å².